The van der Waals surface area contributed by atoms with E-state index in [0.29, 0.717) is 11.9 Å². The Morgan fingerprint density at radius 2 is 2.31 bits per heavy atom. The first-order valence-corrected chi connectivity index (χ1v) is 4.45. The van der Waals surface area contributed by atoms with Crippen molar-refractivity contribution in [2.24, 2.45) is 5.84 Å². The number of aromatic nitrogens is 1. The number of nitrogens with zero attached hydrogens (tertiary/aromatic N) is 1. The first-order chi connectivity index (χ1) is 6.26. The maximum atomic E-state index is 5.19. The summed E-state index contributed by atoms with van der Waals surface area (Å²) in [7, 11) is 0. The fraction of sp³-hybridized carbons (Fsp3) is 0.444. The molecule has 0 aliphatic rings. The summed E-state index contributed by atoms with van der Waals surface area (Å²) in [6, 6.07) is 4.26. The topological polar surface area (TPSA) is 63.0 Å². The SMILES string of the molecule is CCC(C)Nc1ccc(NN)nc1. The molecule has 1 aromatic heterocycles. The molecule has 1 heterocycles. The van der Waals surface area contributed by atoms with Crippen molar-refractivity contribution >= 4 is 11.5 Å². The Morgan fingerprint density at radius 1 is 1.54 bits per heavy atom. The monoisotopic (exact) mass is 180 g/mol. The molecule has 4 nitrogen and oxygen atoms in total. The molecule has 72 valence electrons. The van der Waals surface area contributed by atoms with Crippen LogP contribution < -0.4 is 16.6 Å². The summed E-state index contributed by atoms with van der Waals surface area (Å²) in [5, 5.41) is 3.31. The van der Waals surface area contributed by atoms with E-state index in [4.69, 9.17) is 5.84 Å². The van der Waals surface area contributed by atoms with E-state index in [2.05, 4.69) is 29.6 Å². The molecule has 4 N–H and O–H groups in total. The van der Waals surface area contributed by atoms with E-state index >= 15 is 0 Å². The molecule has 0 bridgehead atoms. The predicted octanol–water partition coefficient (Wildman–Crippen LogP) is 1.58. The van der Waals surface area contributed by atoms with E-state index in [-0.39, 0.29) is 0 Å². The highest BCUT2D eigenvalue weighted by Gasteiger charge is 1.98. The summed E-state index contributed by atoms with van der Waals surface area (Å²) >= 11 is 0. The zero-order valence-corrected chi connectivity index (χ0v) is 8.04. The van der Waals surface area contributed by atoms with Gasteiger partial charge in [0.2, 0.25) is 0 Å². The molecule has 13 heavy (non-hydrogen) atoms. The molecule has 1 aromatic rings. The van der Waals surface area contributed by atoms with Gasteiger partial charge in [-0.15, -0.1) is 0 Å². The maximum absolute atomic E-state index is 5.19. The lowest BCUT2D eigenvalue weighted by Gasteiger charge is -2.12. The lowest BCUT2D eigenvalue weighted by atomic mass is 10.2. The van der Waals surface area contributed by atoms with Crippen LogP contribution in [0.15, 0.2) is 18.3 Å². The number of anilines is 2. The Labute approximate surface area is 78.5 Å². The van der Waals surface area contributed by atoms with E-state index in [1.807, 2.05) is 12.1 Å². The van der Waals surface area contributed by atoms with Gasteiger partial charge in [-0.05, 0) is 25.5 Å². The molecular weight excluding hydrogens is 164 g/mol. The molecule has 0 fully saturated rings. The second kappa shape index (κ2) is 4.67. The van der Waals surface area contributed by atoms with Crippen molar-refractivity contribution in [3.05, 3.63) is 18.3 Å². The minimum absolute atomic E-state index is 0.471. The van der Waals surface area contributed by atoms with Gasteiger partial charge in [0.15, 0.2) is 0 Å². The number of rotatable bonds is 4. The Kier molecular flexibility index (Phi) is 3.52. The van der Waals surface area contributed by atoms with Crippen LogP contribution in [0.4, 0.5) is 11.5 Å². The third-order valence-electron chi connectivity index (χ3n) is 1.94. The molecule has 1 atom stereocenters. The van der Waals surface area contributed by atoms with Crippen LogP contribution in [0.3, 0.4) is 0 Å². The number of hydrogen-bond acceptors (Lipinski definition) is 4. The van der Waals surface area contributed by atoms with Gasteiger partial charge in [-0.2, -0.15) is 0 Å². The predicted molar refractivity (Wildman–Crippen MR) is 55.4 cm³/mol. The summed E-state index contributed by atoms with van der Waals surface area (Å²) in [6.45, 7) is 4.27. The first kappa shape index (κ1) is 9.80. The van der Waals surface area contributed by atoms with Crippen LogP contribution in [0.2, 0.25) is 0 Å². The molecule has 0 saturated heterocycles. The van der Waals surface area contributed by atoms with E-state index in [0.717, 1.165) is 12.1 Å². The van der Waals surface area contributed by atoms with Gasteiger partial charge in [-0.25, -0.2) is 10.8 Å². The van der Waals surface area contributed by atoms with Crippen LogP contribution in [-0.2, 0) is 0 Å². The van der Waals surface area contributed by atoms with Gasteiger partial charge in [0, 0.05) is 6.04 Å². The zero-order valence-electron chi connectivity index (χ0n) is 8.04. The Bertz CT molecular complexity index is 244. The molecule has 0 saturated carbocycles. The number of nitrogen functional groups attached to an aromatic ring is 1. The summed E-state index contributed by atoms with van der Waals surface area (Å²) in [5.74, 6) is 5.87. The summed E-state index contributed by atoms with van der Waals surface area (Å²) in [6.07, 6.45) is 2.86. The summed E-state index contributed by atoms with van der Waals surface area (Å²) in [4.78, 5) is 4.09. The lowest BCUT2D eigenvalue weighted by molar-refractivity contribution is 0.763. The first-order valence-electron chi connectivity index (χ1n) is 4.45. The molecule has 0 aromatic carbocycles. The van der Waals surface area contributed by atoms with Crippen molar-refractivity contribution in [1.82, 2.24) is 4.98 Å². The van der Waals surface area contributed by atoms with Crippen LogP contribution in [0.1, 0.15) is 20.3 Å². The van der Waals surface area contributed by atoms with E-state index in [9.17, 15) is 0 Å². The average molecular weight is 180 g/mol. The highest BCUT2D eigenvalue weighted by molar-refractivity contribution is 5.47. The van der Waals surface area contributed by atoms with Crippen LogP contribution in [0.5, 0.6) is 0 Å². The standard InChI is InChI=1S/C9H16N4/c1-3-7(2)12-8-4-5-9(13-10)11-6-8/h4-7,12H,3,10H2,1-2H3,(H,11,13). The third kappa shape index (κ3) is 2.91. The van der Waals surface area contributed by atoms with Gasteiger partial charge in [0.05, 0.1) is 11.9 Å². The van der Waals surface area contributed by atoms with E-state index in [1.165, 1.54) is 0 Å². The normalized spacial score (nSPS) is 12.2. The van der Waals surface area contributed by atoms with E-state index < -0.39 is 0 Å². The van der Waals surface area contributed by atoms with E-state index in [1.54, 1.807) is 6.20 Å². The highest BCUT2D eigenvalue weighted by Crippen LogP contribution is 2.10. The molecule has 0 amide bonds. The highest BCUT2D eigenvalue weighted by atomic mass is 15.2. The molecule has 0 radical (unpaired) electrons. The molecule has 0 aliphatic carbocycles. The van der Waals surface area contributed by atoms with Gasteiger partial charge >= 0.3 is 0 Å². The van der Waals surface area contributed by atoms with Crippen molar-refractivity contribution in [2.75, 3.05) is 10.7 Å². The minimum atomic E-state index is 0.471. The second-order valence-corrected chi connectivity index (χ2v) is 3.03. The lowest BCUT2D eigenvalue weighted by Crippen LogP contribution is -2.14. The van der Waals surface area contributed by atoms with Crippen molar-refractivity contribution in [3.8, 4) is 0 Å². The van der Waals surface area contributed by atoms with Gasteiger partial charge in [0.1, 0.15) is 5.82 Å². The molecule has 4 heteroatoms. The van der Waals surface area contributed by atoms with Crippen molar-refractivity contribution in [1.29, 1.82) is 0 Å². The Hall–Kier alpha value is -1.29. The van der Waals surface area contributed by atoms with Crippen molar-refractivity contribution < 1.29 is 0 Å². The maximum Gasteiger partial charge on any atom is 0.140 e. The molecule has 0 aliphatic heterocycles. The van der Waals surface area contributed by atoms with Gasteiger partial charge in [-0.1, -0.05) is 6.92 Å². The zero-order chi connectivity index (χ0) is 9.68. The van der Waals surface area contributed by atoms with Gasteiger partial charge < -0.3 is 10.7 Å². The van der Waals surface area contributed by atoms with Crippen molar-refractivity contribution in [2.45, 2.75) is 26.3 Å². The quantitative estimate of drug-likeness (QED) is 0.486. The van der Waals surface area contributed by atoms with Crippen LogP contribution >= 0.6 is 0 Å². The van der Waals surface area contributed by atoms with Gasteiger partial charge in [0.25, 0.3) is 0 Å². The molecule has 0 spiro atoms. The molecule has 1 rings (SSSR count). The number of hydrazine groups is 1. The fourth-order valence-corrected chi connectivity index (χ4v) is 0.951. The van der Waals surface area contributed by atoms with Crippen molar-refractivity contribution in [3.63, 3.8) is 0 Å². The average Bonchev–Trinajstić information content (AvgIpc) is 2.19. The second-order valence-electron chi connectivity index (χ2n) is 3.03. The molecular formula is C9H16N4. The fourth-order valence-electron chi connectivity index (χ4n) is 0.951. The Morgan fingerprint density at radius 3 is 2.77 bits per heavy atom. The van der Waals surface area contributed by atoms with Crippen LogP contribution in [0.25, 0.3) is 0 Å². The summed E-state index contributed by atoms with van der Waals surface area (Å²) in [5.41, 5.74) is 3.50. The van der Waals surface area contributed by atoms with Gasteiger partial charge in [-0.3, -0.25) is 0 Å². The smallest absolute Gasteiger partial charge is 0.140 e. The largest absolute Gasteiger partial charge is 0.381 e. The molecule has 1 unspecified atom stereocenters. The number of nitrogens with one attached hydrogen (secondary N) is 2. The minimum Gasteiger partial charge on any atom is -0.381 e. The van der Waals surface area contributed by atoms with Crippen LogP contribution in [-0.4, -0.2) is 11.0 Å². The van der Waals surface area contributed by atoms with Crippen LogP contribution in [0, 0.1) is 0 Å². The number of pyridine rings is 1. The third-order valence-corrected chi connectivity index (χ3v) is 1.94. The summed E-state index contributed by atoms with van der Waals surface area (Å²) < 4.78 is 0. The number of nitrogens with two attached hydrogens (primary N) is 1. The number of hydrogen-bond donors (Lipinski definition) is 3. The Balaban J connectivity index is 2.58.